The van der Waals surface area contributed by atoms with Crippen molar-refractivity contribution in [2.24, 2.45) is 0 Å². The van der Waals surface area contributed by atoms with E-state index in [1.54, 1.807) is 25.2 Å². The van der Waals surface area contributed by atoms with Crippen molar-refractivity contribution in [3.8, 4) is 0 Å². The largest absolute Gasteiger partial charge is 0.397 e. The second-order valence-electron chi connectivity index (χ2n) is 5.17. The molecule has 0 saturated heterocycles. The molecule has 0 heterocycles. The fraction of sp³-hybridized carbons (Fsp3) is 0.500. The first-order valence-electron chi connectivity index (χ1n) is 6.62. The molecule has 0 unspecified atom stereocenters. The van der Waals surface area contributed by atoms with E-state index in [4.69, 9.17) is 5.73 Å². The van der Waals surface area contributed by atoms with Crippen LogP contribution in [0, 0.1) is 0 Å². The Balaban J connectivity index is 2.03. The van der Waals surface area contributed by atoms with Crippen LogP contribution in [0.5, 0.6) is 0 Å². The third-order valence-electron chi connectivity index (χ3n) is 3.68. The van der Waals surface area contributed by atoms with E-state index in [0.29, 0.717) is 17.8 Å². The van der Waals surface area contributed by atoms with Crippen molar-refractivity contribution in [3.05, 3.63) is 23.8 Å². The molecule has 1 fully saturated rings. The average Bonchev–Trinajstić information content (AvgIpc) is 2.83. The molecule has 5 nitrogen and oxygen atoms in total. The molecular formula is C14H21N3O2. The zero-order valence-electron chi connectivity index (χ0n) is 11.2. The van der Waals surface area contributed by atoms with Gasteiger partial charge in [-0.1, -0.05) is 12.8 Å². The minimum atomic E-state index is -0.619. The summed E-state index contributed by atoms with van der Waals surface area (Å²) >= 11 is 0. The molecule has 19 heavy (non-hydrogen) atoms. The van der Waals surface area contributed by atoms with Crippen LogP contribution in [0.15, 0.2) is 18.2 Å². The molecular weight excluding hydrogens is 242 g/mol. The van der Waals surface area contributed by atoms with E-state index in [2.05, 4.69) is 10.6 Å². The van der Waals surface area contributed by atoms with Gasteiger partial charge >= 0.3 is 0 Å². The van der Waals surface area contributed by atoms with Gasteiger partial charge in [-0.05, 0) is 31.0 Å². The molecule has 0 spiro atoms. The van der Waals surface area contributed by atoms with Crippen LogP contribution in [0.25, 0.3) is 0 Å². The normalized spacial score (nSPS) is 17.2. The molecule has 1 aliphatic carbocycles. The van der Waals surface area contributed by atoms with Crippen molar-refractivity contribution in [1.82, 2.24) is 5.32 Å². The van der Waals surface area contributed by atoms with Crippen LogP contribution in [-0.4, -0.2) is 30.2 Å². The number of aliphatic hydroxyl groups is 1. The highest BCUT2D eigenvalue weighted by atomic mass is 16.3. The second kappa shape index (κ2) is 5.48. The lowest BCUT2D eigenvalue weighted by Gasteiger charge is -2.23. The Morgan fingerprint density at radius 1 is 1.42 bits per heavy atom. The lowest BCUT2D eigenvalue weighted by Crippen LogP contribution is -2.33. The van der Waals surface area contributed by atoms with Gasteiger partial charge < -0.3 is 21.5 Å². The maximum Gasteiger partial charge on any atom is 0.251 e. The van der Waals surface area contributed by atoms with Gasteiger partial charge in [0.1, 0.15) is 0 Å². The number of nitrogens with two attached hydrogens (primary N) is 1. The van der Waals surface area contributed by atoms with Gasteiger partial charge in [0.25, 0.3) is 5.91 Å². The number of hydrogen-bond acceptors (Lipinski definition) is 4. The molecule has 2 rings (SSSR count). The Bertz CT molecular complexity index is 468. The third-order valence-corrected chi connectivity index (χ3v) is 3.68. The predicted molar refractivity (Wildman–Crippen MR) is 76.2 cm³/mol. The maximum atomic E-state index is 11.5. The van der Waals surface area contributed by atoms with Crippen LogP contribution in [0.2, 0.25) is 0 Å². The molecule has 0 bridgehead atoms. The first kappa shape index (κ1) is 13.7. The SMILES string of the molecule is CNC(=O)c1ccc(NCC2(O)CCCC2)c(N)c1. The Morgan fingerprint density at radius 2 is 2.11 bits per heavy atom. The molecule has 1 aliphatic rings. The summed E-state index contributed by atoms with van der Waals surface area (Å²) < 4.78 is 0. The van der Waals surface area contributed by atoms with Gasteiger partial charge in [0, 0.05) is 19.2 Å². The van der Waals surface area contributed by atoms with Crippen LogP contribution in [0.3, 0.4) is 0 Å². The zero-order chi connectivity index (χ0) is 13.9. The van der Waals surface area contributed by atoms with Gasteiger partial charge in [0.05, 0.1) is 17.0 Å². The van der Waals surface area contributed by atoms with Gasteiger partial charge in [-0.3, -0.25) is 4.79 Å². The summed E-state index contributed by atoms with van der Waals surface area (Å²) in [5, 5.41) is 16.0. The van der Waals surface area contributed by atoms with E-state index >= 15 is 0 Å². The summed E-state index contributed by atoms with van der Waals surface area (Å²) in [6.07, 6.45) is 3.80. The summed E-state index contributed by atoms with van der Waals surface area (Å²) in [6.45, 7) is 0.497. The Hall–Kier alpha value is -1.75. The molecule has 0 radical (unpaired) electrons. The third kappa shape index (κ3) is 3.17. The van der Waals surface area contributed by atoms with E-state index in [1.807, 2.05) is 0 Å². The fourth-order valence-corrected chi connectivity index (χ4v) is 2.48. The number of carbonyl (C=O) groups excluding carboxylic acids is 1. The van der Waals surface area contributed by atoms with E-state index < -0.39 is 5.60 Å². The number of hydrogen-bond donors (Lipinski definition) is 4. The first-order chi connectivity index (χ1) is 9.04. The molecule has 104 valence electrons. The van der Waals surface area contributed by atoms with Gasteiger partial charge in [-0.15, -0.1) is 0 Å². The zero-order valence-corrected chi connectivity index (χ0v) is 11.2. The highest BCUT2D eigenvalue weighted by Gasteiger charge is 2.30. The monoisotopic (exact) mass is 263 g/mol. The summed E-state index contributed by atoms with van der Waals surface area (Å²) in [5.41, 5.74) is 7.10. The average molecular weight is 263 g/mol. The fourth-order valence-electron chi connectivity index (χ4n) is 2.48. The molecule has 0 aliphatic heterocycles. The Morgan fingerprint density at radius 3 is 2.68 bits per heavy atom. The van der Waals surface area contributed by atoms with Crippen molar-refractivity contribution in [3.63, 3.8) is 0 Å². The number of carbonyl (C=O) groups is 1. The number of rotatable bonds is 4. The smallest absolute Gasteiger partial charge is 0.251 e. The van der Waals surface area contributed by atoms with Crippen LogP contribution >= 0.6 is 0 Å². The van der Waals surface area contributed by atoms with Crippen molar-refractivity contribution >= 4 is 17.3 Å². The first-order valence-corrected chi connectivity index (χ1v) is 6.62. The minimum Gasteiger partial charge on any atom is -0.397 e. The standard InChI is InChI=1S/C14H21N3O2/c1-16-13(18)10-4-5-12(11(15)8-10)17-9-14(19)6-2-3-7-14/h4-5,8,17,19H,2-3,6-7,9,15H2,1H3,(H,16,18). The lowest BCUT2D eigenvalue weighted by atomic mass is 10.0. The number of nitrogens with one attached hydrogen (secondary N) is 2. The highest BCUT2D eigenvalue weighted by Crippen LogP contribution is 2.30. The summed E-state index contributed by atoms with van der Waals surface area (Å²) in [7, 11) is 1.58. The van der Waals surface area contributed by atoms with Crippen LogP contribution in [0.4, 0.5) is 11.4 Å². The van der Waals surface area contributed by atoms with E-state index in [-0.39, 0.29) is 5.91 Å². The van der Waals surface area contributed by atoms with Gasteiger partial charge in [-0.2, -0.15) is 0 Å². The van der Waals surface area contributed by atoms with E-state index in [0.717, 1.165) is 31.4 Å². The summed E-state index contributed by atoms with van der Waals surface area (Å²) in [4.78, 5) is 11.5. The molecule has 0 atom stereocenters. The van der Waals surface area contributed by atoms with Crippen molar-refractivity contribution < 1.29 is 9.90 Å². The van der Waals surface area contributed by atoms with Crippen molar-refractivity contribution in [2.75, 3.05) is 24.6 Å². The van der Waals surface area contributed by atoms with Crippen LogP contribution in [0.1, 0.15) is 36.0 Å². The predicted octanol–water partition coefficient (Wildman–Crippen LogP) is 1.35. The quantitative estimate of drug-likeness (QED) is 0.617. The number of anilines is 2. The molecule has 1 aromatic carbocycles. The van der Waals surface area contributed by atoms with Crippen molar-refractivity contribution in [1.29, 1.82) is 0 Å². The number of amides is 1. The van der Waals surface area contributed by atoms with Gasteiger partial charge in [-0.25, -0.2) is 0 Å². The summed E-state index contributed by atoms with van der Waals surface area (Å²) in [6, 6.07) is 5.13. The second-order valence-corrected chi connectivity index (χ2v) is 5.17. The number of nitrogen functional groups attached to an aromatic ring is 1. The highest BCUT2D eigenvalue weighted by molar-refractivity contribution is 5.95. The Kier molecular flexibility index (Phi) is 3.95. The van der Waals surface area contributed by atoms with E-state index in [1.165, 1.54) is 0 Å². The van der Waals surface area contributed by atoms with Gasteiger partial charge in [0.15, 0.2) is 0 Å². The topological polar surface area (TPSA) is 87.4 Å². The molecule has 1 aromatic rings. The maximum absolute atomic E-state index is 11.5. The molecule has 0 aromatic heterocycles. The lowest BCUT2D eigenvalue weighted by molar-refractivity contribution is 0.0615. The van der Waals surface area contributed by atoms with Crippen LogP contribution < -0.4 is 16.4 Å². The van der Waals surface area contributed by atoms with E-state index in [9.17, 15) is 9.90 Å². The van der Waals surface area contributed by atoms with Crippen molar-refractivity contribution in [2.45, 2.75) is 31.3 Å². The molecule has 1 amide bonds. The van der Waals surface area contributed by atoms with Crippen LogP contribution in [-0.2, 0) is 0 Å². The molecule has 5 N–H and O–H groups in total. The Labute approximate surface area is 113 Å². The summed E-state index contributed by atoms with van der Waals surface area (Å²) in [5.74, 6) is -0.160. The molecule has 5 heteroatoms. The minimum absolute atomic E-state index is 0.160. The molecule has 1 saturated carbocycles. The number of benzene rings is 1. The van der Waals surface area contributed by atoms with Gasteiger partial charge in [0.2, 0.25) is 0 Å².